The number of hydrogen-bond acceptors (Lipinski definition) is 8. The molecule has 0 saturated carbocycles. The van der Waals surface area contributed by atoms with E-state index >= 15 is 0 Å². The van der Waals surface area contributed by atoms with Crippen LogP contribution in [-0.2, 0) is 11.4 Å². The van der Waals surface area contributed by atoms with Crippen molar-refractivity contribution in [2.45, 2.75) is 19.6 Å². The van der Waals surface area contributed by atoms with Gasteiger partial charge in [0.2, 0.25) is 5.91 Å². The van der Waals surface area contributed by atoms with Crippen LogP contribution >= 0.6 is 11.6 Å². The normalized spacial score (nSPS) is 11.8. The van der Waals surface area contributed by atoms with Crippen LogP contribution in [0.2, 0.25) is 5.02 Å². The maximum atomic E-state index is 12.2. The lowest BCUT2D eigenvalue weighted by Gasteiger charge is -2.19. The lowest BCUT2D eigenvalue weighted by Crippen LogP contribution is -2.42. The molecule has 0 aliphatic rings. The number of carbonyl (C=O) groups excluding carboxylic acids is 1. The number of carbonyl (C=O) groups is 1. The smallest absolute Gasteiger partial charge is 0.237 e. The first-order chi connectivity index (χ1) is 17.9. The topological polar surface area (TPSA) is 102 Å². The standard InChI is InChI=1S/C27H29ClN6O3/c1-18(34(2)3)27(35)30-13-14-36-24-9-6-8-22-25(24)26(32-17-31-22)33-19-10-11-23(21(28)15-19)37-16-20-7-4-5-12-29-20/h4-12,15,17-18H,13-14,16H2,1-3H3,(H,30,35)(H,31,32,33). The number of nitrogens with zero attached hydrogens (tertiary/aromatic N) is 4. The second-order valence-electron chi connectivity index (χ2n) is 8.53. The molecule has 0 aliphatic heterocycles. The van der Waals surface area contributed by atoms with Gasteiger partial charge in [-0.15, -0.1) is 0 Å². The number of aromatic nitrogens is 3. The number of fused-ring (bicyclic) bond motifs is 1. The predicted molar refractivity (Wildman–Crippen MR) is 144 cm³/mol. The maximum Gasteiger partial charge on any atom is 0.237 e. The van der Waals surface area contributed by atoms with E-state index in [-0.39, 0.29) is 11.9 Å². The number of anilines is 2. The minimum atomic E-state index is -0.222. The lowest BCUT2D eigenvalue weighted by atomic mass is 10.2. The number of hydrogen-bond donors (Lipinski definition) is 2. The van der Waals surface area contributed by atoms with Gasteiger partial charge < -0.3 is 20.1 Å². The summed E-state index contributed by atoms with van der Waals surface area (Å²) in [5.74, 6) is 1.68. The largest absolute Gasteiger partial charge is 0.491 e. The van der Waals surface area contributed by atoms with Gasteiger partial charge >= 0.3 is 0 Å². The Balaban J connectivity index is 1.44. The molecule has 0 bridgehead atoms. The average molecular weight is 521 g/mol. The molecular weight excluding hydrogens is 492 g/mol. The fourth-order valence-corrected chi connectivity index (χ4v) is 3.71. The molecule has 2 aromatic carbocycles. The summed E-state index contributed by atoms with van der Waals surface area (Å²) in [6.07, 6.45) is 3.21. The van der Waals surface area contributed by atoms with E-state index in [0.29, 0.717) is 42.1 Å². The Morgan fingerprint density at radius 3 is 2.65 bits per heavy atom. The minimum absolute atomic E-state index is 0.0541. The van der Waals surface area contributed by atoms with E-state index in [1.54, 1.807) is 18.3 Å². The van der Waals surface area contributed by atoms with E-state index in [4.69, 9.17) is 21.1 Å². The number of amides is 1. The summed E-state index contributed by atoms with van der Waals surface area (Å²) in [4.78, 5) is 27.1. The van der Waals surface area contributed by atoms with Crippen molar-refractivity contribution in [1.29, 1.82) is 0 Å². The highest BCUT2D eigenvalue weighted by Gasteiger charge is 2.15. The van der Waals surface area contributed by atoms with Gasteiger partial charge in [0.25, 0.3) is 0 Å². The molecule has 0 aliphatic carbocycles. The Bertz CT molecular complexity index is 1350. The van der Waals surface area contributed by atoms with E-state index in [1.807, 2.05) is 68.4 Å². The van der Waals surface area contributed by atoms with Crippen molar-refractivity contribution in [3.05, 3.63) is 77.8 Å². The Morgan fingerprint density at radius 2 is 1.89 bits per heavy atom. The van der Waals surface area contributed by atoms with Gasteiger partial charge in [0.1, 0.15) is 36.9 Å². The van der Waals surface area contributed by atoms with Gasteiger partial charge in [-0.05, 0) is 63.5 Å². The number of halogens is 1. The van der Waals surface area contributed by atoms with Crippen molar-refractivity contribution in [3.63, 3.8) is 0 Å². The highest BCUT2D eigenvalue weighted by Crippen LogP contribution is 2.34. The number of ether oxygens (including phenoxy) is 2. The van der Waals surface area contributed by atoms with Crippen molar-refractivity contribution in [2.24, 2.45) is 0 Å². The molecule has 2 aromatic heterocycles. The zero-order valence-corrected chi connectivity index (χ0v) is 21.7. The summed E-state index contributed by atoms with van der Waals surface area (Å²) in [5, 5.41) is 7.38. The van der Waals surface area contributed by atoms with Crippen LogP contribution in [0.5, 0.6) is 11.5 Å². The first-order valence-electron chi connectivity index (χ1n) is 11.8. The number of rotatable bonds is 11. The third kappa shape index (κ3) is 6.84. The zero-order valence-electron chi connectivity index (χ0n) is 20.9. The van der Waals surface area contributed by atoms with Crippen LogP contribution in [0.4, 0.5) is 11.5 Å². The molecule has 1 atom stereocenters. The van der Waals surface area contributed by atoms with Crippen LogP contribution < -0.4 is 20.1 Å². The van der Waals surface area contributed by atoms with Crippen LogP contribution in [-0.4, -0.2) is 59.0 Å². The van der Waals surface area contributed by atoms with E-state index in [1.165, 1.54) is 6.33 Å². The lowest BCUT2D eigenvalue weighted by molar-refractivity contribution is -0.125. The SMILES string of the molecule is CC(C(=O)NCCOc1cccc2ncnc(Nc3ccc(OCc4ccccn4)c(Cl)c3)c12)N(C)C. The third-order valence-electron chi connectivity index (χ3n) is 5.73. The minimum Gasteiger partial charge on any atom is -0.491 e. The van der Waals surface area contributed by atoms with E-state index < -0.39 is 0 Å². The summed E-state index contributed by atoms with van der Waals surface area (Å²) in [5.41, 5.74) is 2.27. The summed E-state index contributed by atoms with van der Waals surface area (Å²) in [6, 6.07) is 16.5. The number of benzene rings is 2. The first-order valence-corrected chi connectivity index (χ1v) is 12.2. The van der Waals surface area contributed by atoms with E-state index in [0.717, 1.165) is 22.3 Å². The van der Waals surface area contributed by atoms with Gasteiger partial charge in [0.05, 0.1) is 34.2 Å². The third-order valence-corrected chi connectivity index (χ3v) is 6.03. The molecule has 0 saturated heterocycles. The summed E-state index contributed by atoms with van der Waals surface area (Å²) < 4.78 is 11.8. The summed E-state index contributed by atoms with van der Waals surface area (Å²) in [7, 11) is 3.72. The van der Waals surface area contributed by atoms with Crippen molar-refractivity contribution in [2.75, 3.05) is 32.6 Å². The van der Waals surface area contributed by atoms with Crippen LogP contribution in [0.1, 0.15) is 12.6 Å². The molecule has 9 nitrogen and oxygen atoms in total. The monoisotopic (exact) mass is 520 g/mol. The van der Waals surface area contributed by atoms with Crippen molar-refractivity contribution >= 4 is 39.9 Å². The highest BCUT2D eigenvalue weighted by atomic mass is 35.5. The van der Waals surface area contributed by atoms with Gasteiger partial charge in [-0.25, -0.2) is 9.97 Å². The first kappa shape index (κ1) is 26.1. The molecular formula is C27H29ClN6O3. The molecule has 0 spiro atoms. The van der Waals surface area contributed by atoms with Crippen LogP contribution in [0, 0.1) is 0 Å². The van der Waals surface area contributed by atoms with Gasteiger partial charge in [-0.3, -0.25) is 14.7 Å². The molecule has 37 heavy (non-hydrogen) atoms. The molecule has 1 amide bonds. The Hall–Kier alpha value is -3.95. The summed E-state index contributed by atoms with van der Waals surface area (Å²) in [6.45, 7) is 2.84. The van der Waals surface area contributed by atoms with Crippen LogP contribution in [0.3, 0.4) is 0 Å². The average Bonchev–Trinajstić information content (AvgIpc) is 2.90. The number of pyridine rings is 1. The molecule has 4 rings (SSSR count). The molecule has 1 unspecified atom stereocenters. The predicted octanol–water partition coefficient (Wildman–Crippen LogP) is 4.45. The zero-order chi connectivity index (χ0) is 26.2. The summed E-state index contributed by atoms with van der Waals surface area (Å²) >= 11 is 6.48. The van der Waals surface area contributed by atoms with Gasteiger partial charge in [0, 0.05) is 11.9 Å². The van der Waals surface area contributed by atoms with Crippen molar-refractivity contribution < 1.29 is 14.3 Å². The molecule has 192 valence electrons. The number of nitrogens with one attached hydrogen (secondary N) is 2. The number of likely N-dealkylation sites (N-methyl/N-ethyl adjacent to an activating group) is 1. The van der Waals surface area contributed by atoms with E-state index in [9.17, 15) is 4.79 Å². The fourth-order valence-electron chi connectivity index (χ4n) is 3.48. The van der Waals surface area contributed by atoms with Gasteiger partial charge in [-0.2, -0.15) is 0 Å². The second-order valence-corrected chi connectivity index (χ2v) is 8.94. The molecule has 4 aromatic rings. The quantitative estimate of drug-likeness (QED) is 0.280. The second kappa shape index (κ2) is 12.3. The van der Waals surface area contributed by atoms with E-state index in [2.05, 4.69) is 25.6 Å². The molecule has 10 heteroatoms. The maximum absolute atomic E-state index is 12.2. The Morgan fingerprint density at radius 1 is 1.03 bits per heavy atom. The molecule has 0 radical (unpaired) electrons. The fraction of sp³-hybridized carbons (Fsp3) is 0.259. The highest BCUT2D eigenvalue weighted by molar-refractivity contribution is 6.32. The van der Waals surface area contributed by atoms with Crippen LogP contribution in [0.15, 0.2) is 67.1 Å². The van der Waals surface area contributed by atoms with Gasteiger partial charge in [-0.1, -0.05) is 23.7 Å². The van der Waals surface area contributed by atoms with Crippen molar-refractivity contribution in [1.82, 2.24) is 25.2 Å². The molecule has 0 fully saturated rings. The molecule has 2 heterocycles. The molecule has 2 N–H and O–H groups in total. The van der Waals surface area contributed by atoms with Gasteiger partial charge in [0.15, 0.2) is 0 Å². The van der Waals surface area contributed by atoms with Crippen molar-refractivity contribution in [3.8, 4) is 11.5 Å². The Labute approximate surface area is 220 Å². The Kier molecular flexibility index (Phi) is 8.71. The van der Waals surface area contributed by atoms with Crippen LogP contribution in [0.25, 0.3) is 10.9 Å².